The van der Waals surface area contributed by atoms with E-state index in [1.807, 2.05) is 0 Å². The van der Waals surface area contributed by atoms with Crippen molar-refractivity contribution in [1.82, 2.24) is 0 Å². The summed E-state index contributed by atoms with van der Waals surface area (Å²) in [5.74, 6) is 0. The summed E-state index contributed by atoms with van der Waals surface area (Å²) in [4.78, 5) is 0. The van der Waals surface area contributed by atoms with Crippen molar-refractivity contribution in [3.8, 4) is 11.1 Å². The Morgan fingerprint density at radius 3 is 1.30 bits per heavy atom. The van der Waals surface area contributed by atoms with Crippen LogP contribution in [0.2, 0.25) is 17.7 Å². The Morgan fingerprint density at radius 1 is 0.500 bits per heavy atom. The first-order chi connectivity index (χ1) is 22.6. The normalized spacial score (nSPS) is 11.8. The van der Waals surface area contributed by atoms with Crippen molar-refractivity contribution < 1.29 is 0 Å². The molecule has 0 radical (unpaired) electrons. The van der Waals surface area contributed by atoms with Crippen molar-refractivity contribution in [2.24, 2.45) is 0 Å². The zero-order valence-corrected chi connectivity index (χ0v) is 31.8. The van der Waals surface area contributed by atoms with Crippen LogP contribution in [0.5, 0.6) is 0 Å². The monoisotopic (exact) mass is 731 g/mol. The zero-order valence-electron chi connectivity index (χ0n) is 28.1. The van der Waals surface area contributed by atoms with Crippen molar-refractivity contribution in [1.29, 1.82) is 0 Å². The summed E-state index contributed by atoms with van der Waals surface area (Å²) in [5.41, 5.74) is 4.06. The van der Waals surface area contributed by atoms with Gasteiger partial charge in [0, 0.05) is 0 Å². The van der Waals surface area contributed by atoms with Gasteiger partial charge in [-0.25, -0.2) is 0 Å². The third-order valence-electron chi connectivity index (χ3n) is 9.84. The maximum absolute atomic E-state index is 4.19. The van der Waals surface area contributed by atoms with Crippen LogP contribution >= 0.6 is 7.26 Å². The van der Waals surface area contributed by atoms with Gasteiger partial charge in [0.2, 0.25) is 0 Å². The van der Waals surface area contributed by atoms with E-state index in [9.17, 15) is 0 Å². The van der Waals surface area contributed by atoms with Gasteiger partial charge in [-0.15, -0.1) is 0 Å². The number of hydrogen-bond acceptors (Lipinski definition) is 0. The van der Waals surface area contributed by atoms with Crippen molar-refractivity contribution >= 4 is 46.9 Å². The summed E-state index contributed by atoms with van der Waals surface area (Å²) in [6, 6.07) is 52.3. The molecule has 0 N–H and O–H groups in total. The molecule has 0 aromatic heterocycles. The Hall–Kier alpha value is -2.93. The molecule has 0 aliphatic carbocycles. The molecule has 0 saturated heterocycles. The summed E-state index contributed by atoms with van der Waals surface area (Å²) in [7, 11) is -2.07. The van der Waals surface area contributed by atoms with E-state index < -0.39 is 25.6 Å². The first-order valence-corrected chi connectivity index (χ1v) is 27.4. The van der Waals surface area contributed by atoms with Crippen LogP contribution < -0.4 is 21.2 Å². The molecule has 0 atom stereocenters. The van der Waals surface area contributed by atoms with E-state index in [2.05, 4.69) is 166 Å². The molecular weight excluding hydrogens is 678 g/mol. The van der Waals surface area contributed by atoms with E-state index in [-0.39, 0.29) is 0 Å². The molecule has 0 unspecified atom stereocenters. The van der Waals surface area contributed by atoms with E-state index in [0.29, 0.717) is 0 Å². The average molecular weight is 731 g/mol. The van der Waals surface area contributed by atoms with Gasteiger partial charge in [0.1, 0.15) is 15.9 Å². The summed E-state index contributed by atoms with van der Waals surface area (Å²) in [6.07, 6.45) is 10.3. The first kappa shape index (κ1) is 34.4. The number of hydrogen-bond donors (Lipinski definition) is 0. The molecule has 5 rings (SSSR count). The molecule has 46 heavy (non-hydrogen) atoms. The standard InChI is InChI=1S/C33H29P.2C4H9.C3H5.Sn/c1-2-12-27-19-21-28(22-20-27)29-23-25-33(26-24-29)34(30-13-6-3-7-14-30,31-15-8-4-9-16-31)32-17-10-5-11-18-32;2*1-3-4-2;1-3-2;/h3-11,13-26H,1-2,12H2;2*1,3-4H2,2H3;3H,1-2H2;/q+1;;;;. The molecule has 0 amide bonds. The minimum atomic E-state index is -2.14. The number of aryl methyl sites for hydroxylation is 1. The van der Waals surface area contributed by atoms with Crippen LogP contribution in [-0.2, 0) is 6.42 Å². The number of unbranched alkanes of at least 4 members (excludes halogenated alkanes) is 2. The molecule has 5 aromatic rings. The zero-order chi connectivity index (χ0) is 32.1. The van der Waals surface area contributed by atoms with E-state index in [1.165, 1.54) is 85.3 Å². The topological polar surface area (TPSA) is 0 Å². The summed E-state index contributed by atoms with van der Waals surface area (Å²) in [6.45, 7) is 8.89. The predicted molar refractivity (Wildman–Crippen MR) is 210 cm³/mol. The molecule has 0 aliphatic rings. The fourth-order valence-corrected chi connectivity index (χ4v) is 26.2. The quantitative estimate of drug-likeness (QED) is 0.0508. The summed E-state index contributed by atoms with van der Waals surface area (Å²) >= 11 is -2.14. The van der Waals surface area contributed by atoms with Crippen molar-refractivity contribution in [3.05, 3.63) is 158 Å². The van der Waals surface area contributed by atoms with Gasteiger partial charge in [0.05, 0.1) is 0 Å². The van der Waals surface area contributed by atoms with Gasteiger partial charge in [0.15, 0.2) is 0 Å². The molecule has 0 aliphatic heterocycles. The Labute approximate surface area is 284 Å². The second kappa shape index (κ2) is 17.3. The molecule has 0 spiro atoms. The molecule has 0 bridgehead atoms. The van der Waals surface area contributed by atoms with E-state index in [0.717, 1.165) is 0 Å². The fourth-order valence-electron chi connectivity index (χ4n) is 7.35. The van der Waals surface area contributed by atoms with Crippen LogP contribution in [0.25, 0.3) is 11.1 Å². The van der Waals surface area contributed by atoms with Gasteiger partial charge in [-0.3, -0.25) is 0 Å². The molecule has 0 saturated carbocycles. The van der Waals surface area contributed by atoms with Crippen LogP contribution in [0.3, 0.4) is 0 Å². The van der Waals surface area contributed by atoms with Gasteiger partial charge >= 0.3 is 179 Å². The van der Waals surface area contributed by atoms with Gasteiger partial charge in [0.25, 0.3) is 0 Å². The maximum atomic E-state index is 4.19. The Morgan fingerprint density at radius 2 is 0.891 bits per heavy atom. The average Bonchev–Trinajstić information content (AvgIpc) is 3.12. The number of benzene rings is 5. The third-order valence-corrected chi connectivity index (χ3v) is 29.5. The molecule has 0 heterocycles. The third kappa shape index (κ3) is 8.13. The minimum absolute atomic E-state index is 1.20. The van der Waals surface area contributed by atoms with Crippen LogP contribution in [0.15, 0.2) is 152 Å². The molecule has 5 aromatic carbocycles. The van der Waals surface area contributed by atoms with Crippen LogP contribution in [0.4, 0.5) is 0 Å². The Balaban J connectivity index is 1.38. The van der Waals surface area contributed by atoms with Crippen molar-refractivity contribution in [2.45, 2.75) is 70.1 Å². The molecule has 0 nitrogen and oxygen atoms in total. The second-order valence-corrected chi connectivity index (χ2v) is 30.4. The fraction of sp³-hybridized carbons (Fsp3) is 0.273. The van der Waals surface area contributed by atoms with Gasteiger partial charge in [-0.2, -0.15) is 0 Å². The molecular formula is C44H52PSn+. The van der Waals surface area contributed by atoms with Gasteiger partial charge in [-0.1, -0.05) is 54.6 Å². The number of rotatable bonds is 17. The van der Waals surface area contributed by atoms with Crippen molar-refractivity contribution in [2.75, 3.05) is 0 Å². The Kier molecular flexibility index (Phi) is 12.9. The van der Waals surface area contributed by atoms with Gasteiger partial charge in [-0.05, 0) is 36.4 Å². The van der Waals surface area contributed by atoms with E-state index >= 15 is 0 Å². The summed E-state index contributed by atoms with van der Waals surface area (Å²) in [5, 5.41) is 5.54. The van der Waals surface area contributed by atoms with Crippen molar-refractivity contribution in [3.63, 3.8) is 0 Å². The van der Waals surface area contributed by atoms with Crippen LogP contribution in [0.1, 0.15) is 51.5 Å². The van der Waals surface area contributed by atoms with E-state index in [1.54, 1.807) is 8.87 Å². The van der Waals surface area contributed by atoms with Crippen LogP contribution in [-0.4, -0.2) is 18.4 Å². The first-order valence-electron chi connectivity index (χ1n) is 17.5. The second-order valence-electron chi connectivity index (χ2n) is 13.0. The predicted octanol–water partition coefficient (Wildman–Crippen LogP) is 11.1. The molecule has 0 fully saturated rings. The van der Waals surface area contributed by atoms with E-state index in [4.69, 9.17) is 0 Å². The molecule has 236 valence electrons. The van der Waals surface area contributed by atoms with Gasteiger partial charge < -0.3 is 0 Å². The van der Waals surface area contributed by atoms with Crippen LogP contribution in [0, 0.1) is 0 Å². The number of allylic oxidation sites excluding steroid dienone is 1. The SMILES string of the molecule is C=C[CH2][Sn]([CH2]CCC)([CH2]CCC)[CH2]CCc1ccc(-c2ccc([P+](c3ccccc3)(c3ccccc3)c3ccccc3)cc2)cc1. The summed E-state index contributed by atoms with van der Waals surface area (Å²) < 4.78 is 5.98. The molecule has 2 heteroatoms. The Bertz CT molecular complexity index is 1490.